The molecule has 0 spiro atoms. The van der Waals surface area contributed by atoms with Crippen molar-refractivity contribution < 1.29 is 9.47 Å². The third-order valence-corrected chi connectivity index (χ3v) is 2.21. The fraction of sp³-hybridized carbons (Fsp3) is 0.333. The number of hydrogen-bond donors (Lipinski definition) is 0. The topological polar surface area (TPSA) is 18.5 Å². The summed E-state index contributed by atoms with van der Waals surface area (Å²) in [5.74, 6) is 1.41. The molecule has 0 radical (unpaired) electrons. The minimum Gasteiger partial charge on any atom is -0.467 e. The van der Waals surface area contributed by atoms with Gasteiger partial charge in [-0.2, -0.15) is 0 Å². The van der Waals surface area contributed by atoms with E-state index in [4.69, 9.17) is 21.1 Å². The quantitative estimate of drug-likeness (QED) is 0.624. The number of hydrogen-bond acceptors (Lipinski definition) is 2. The summed E-state index contributed by atoms with van der Waals surface area (Å²) in [7, 11) is 0. The van der Waals surface area contributed by atoms with E-state index < -0.39 is 0 Å². The fourth-order valence-corrected chi connectivity index (χ4v) is 1.53. The number of halogens is 1. The van der Waals surface area contributed by atoms with Crippen molar-refractivity contribution in [2.75, 3.05) is 6.79 Å². The molecule has 0 aromatic heterocycles. The Kier molecular flexibility index (Phi) is 2.19. The molecule has 0 unspecified atom stereocenters. The van der Waals surface area contributed by atoms with E-state index >= 15 is 0 Å². The zero-order valence-corrected chi connectivity index (χ0v) is 7.30. The van der Waals surface area contributed by atoms with Crippen molar-refractivity contribution in [2.45, 2.75) is 12.5 Å². The second-order valence-electron chi connectivity index (χ2n) is 2.64. The Bertz CT molecular complexity index is 272. The molecule has 1 heterocycles. The molecule has 0 N–H and O–H groups in total. The maximum absolute atomic E-state index is 5.75. The molecule has 2 rings (SSSR count). The third kappa shape index (κ3) is 1.28. The molecule has 1 aliphatic heterocycles. The average Bonchev–Trinajstić information content (AvgIpc) is 2.17. The van der Waals surface area contributed by atoms with Gasteiger partial charge in [0.2, 0.25) is 0 Å². The zero-order chi connectivity index (χ0) is 8.39. The van der Waals surface area contributed by atoms with Crippen molar-refractivity contribution in [1.82, 2.24) is 0 Å². The Morgan fingerprint density at radius 3 is 3.17 bits per heavy atom. The van der Waals surface area contributed by atoms with E-state index in [0.717, 1.165) is 16.9 Å². The number of benzene rings is 1. The van der Waals surface area contributed by atoms with Crippen LogP contribution in [-0.4, -0.2) is 6.79 Å². The lowest BCUT2D eigenvalue weighted by Crippen LogP contribution is -2.12. The van der Waals surface area contributed by atoms with E-state index in [9.17, 15) is 0 Å². The van der Waals surface area contributed by atoms with Gasteiger partial charge in [-0.25, -0.2) is 0 Å². The van der Waals surface area contributed by atoms with Gasteiger partial charge in [-0.3, -0.25) is 0 Å². The van der Waals surface area contributed by atoms with E-state index in [-0.39, 0.29) is 0 Å². The predicted molar refractivity (Wildman–Crippen MR) is 46.3 cm³/mol. The lowest BCUT2D eigenvalue weighted by Gasteiger charge is -2.19. The van der Waals surface area contributed by atoms with Crippen LogP contribution in [-0.2, 0) is 17.2 Å². The van der Waals surface area contributed by atoms with Crippen LogP contribution in [0.5, 0.6) is 5.75 Å². The smallest absolute Gasteiger partial charge is 0.189 e. The summed E-state index contributed by atoms with van der Waals surface area (Å²) in [5, 5.41) is 0. The molecule has 1 aromatic rings. The summed E-state index contributed by atoms with van der Waals surface area (Å²) in [5.41, 5.74) is 2.17. The predicted octanol–water partition coefficient (Wildman–Crippen LogP) is 2.29. The molecule has 2 nitrogen and oxygen atoms in total. The molecule has 3 heteroatoms. The van der Waals surface area contributed by atoms with Gasteiger partial charge in [0.1, 0.15) is 5.75 Å². The van der Waals surface area contributed by atoms with Gasteiger partial charge in [-0.05, 0) is 11.6 Å². The van der Waals surface area contributed by atoms with Gasteiger partial charge in [-0.1, -0.05) is 12.1 Å². The average molecular weight is 185 g/mol. The van der Waals surface area contributed by atoms with Crippen LogP contribution in [0, 0.1) is 0 Å². The summed E-state index contributed by atoms with van der Waals surface area (Å²) in [6.07, 6.45) is 0. The largest absolute Gasteiger partial charge is 0.467 e. The van der Waals surface area contributed by atoms with E-state index in [2.05, 4.69) is 0 Å². The highest BCUT2D eigenvalue weighted by Gasteiger charge is 2.12. The second-order valence-corrected chi connectivity index (χ2v) is 2.91. The third-order valence-electron chi connectivity index (χ3n) is 1.92. The minimum atomic E-state index is 0.346. The van der Waals surface area contributed by atoms with Gasteiger partial charge < -0.3 is 9.47 Å². The van der Waals surface area contributed by atoms with Crippen LogP contribution in [0.1, 0.15) is 11.1 Å². The zero-order valence-electron chi connectivity index (χ0n) is 6.55. The molecule has 1 aromatic carbocycles. The van der Waals surface area contributed by atoms with Crippen LogP contribution in [0.25, 0.3) is 0 Å². The van der Waals surface area contributed by atoms with Crippen molar-refractivity contribution in [3.8, 4) is 5.75 Å². The summed E-state index contributed by atoms with van der Waals surface area (Å²) in [4.78, 5) is 0. The molecular weight excluding hydrogens is 176 g/mol. The number of ether oxygens (including phenoxy) is 2. The van der Waals surface area contributed by atoms with Gasteiger partial charge in [0.25, 0.3) is 0 Å². The summed E-state index contributed by atoms with van der Waals surface area (Å²) >= 11 is 5.75. The lowest BCUT2D eigenvalue weighted by atomic mass is 10.1. The molecule has 1 aliphatic rings. The van der Waals surface area contributed by atoms with Gasteiger partial charge in [-0.15, -0.1) is 11.6 Å². The van der Waals surface area contributed by atoms with Gasteiger partial charge in [0, 0.05) is 11.4 Å². The maximum Gasteiger partial charge on any atom is 0.189 e. The molecule has 0 fully saturated rings. The van der Waals surface area contributed by atoms with Gasteiger partial charge in [0.05, 0.1) is 6.61 Å². The van der Waals surface area contributed by atoms with Crippen molar-refractivity contribution in [1.29, 1.82) is 0 Å². The number of fused-ring (bicyclic) bond motifs is 1. The maximum atomic E-state index is 5.75. The van der Waals surface area contributed by atoms with E-state index in [1.165, 1.54) is 0 Å². The van der Waals surface area contributed by atoms with Crippen LogP contribution < -0.4 is 4.74 Å². The van der Waals surface area contributed by atoms with E-state index in [0.29, 0.717) is 19.3 Å². The van der Waals surface area contributed by atoms with Crippen LogP contribution >= 0.6 is 11.6 Å². The van der Waals surface area contributed by atoms with E-state index in [1.807, 2.05) is 18.2 Å². The van der Waals surface area contributed by atoms with Crippen LogP contribution in [0.3, 0.4) is 0 Å². The molecule has 0 atom stereocenters. The first-order chi connectivity index (χ1) is 5.92. The summed E-state index contributed by atoms with van der Waals surface area (Å²) in [6, 6.07) is 5.87. The van der Waals surface area contributed by atoms with Crippen LogP contribution in [0.15, 0.2) is 18.2 Å². The highest BCUT2D eigenvalue weighted by atomic mass is 35.5. The fourth-order valence-electron chi connectivity index (χ4n) is 1.28. The Balaban J connectivity index is 2.44. The molecule has 12 heavy (non-hydrogen) atoms. The Morgan fingerprint density at radius 1 is 1.42 bits per heavy atom. The van der Waals surface area contributed by atoms with Crippen LogP contribution in [0.2, 0.25) is 0 Å². The standard InChI is InChI=1S/C9H9ClO2/c10-4-7-2-1-3-9-8(7)5-11-6-12-9/h1-3H,4-6H2. The highest BCUT2D eigenvalue weighted by molar-refractivity contribution is 6.17. The van der Waals surface area contributed by atoms with Gasteiger partial charge in [0.15, 0.2) is 6.79 Å². The Labute approximate surface area is 76.1 Å². The Morgan fingerprint density at radius 2 is 2.33 bits per heavy atom. The molecule has 0 saturated heterocycles. The lowest BCUT2D eigenvalue weighted by molar-refractivity contribution is -0.0167. The van der Waals surface area contributed by atoms with Crippen molar-refractivity contribution in [3.05, 3.63) is 29.3 Å². The Hall–Kier alpha value is -0.730. The molecule has 0 aliphatic carbocycles. The first-order valence-electron chi connectivity index (χ1n) is 3.79. The second kappa shape index (κ2) is 3.33. The molecular formula is C9H9ClO2. The molecule has 0 saturated carbocycles. The van der Waals surface area contributed by atoms with Gasteiger partial charge >= 0.3 is 0 Å². The van der Waals surface area contributed by atoms with Crippen LogP contribution in [0.4, 0.5) is 0 Å². The van der Waals surface area contributed by atoms with E-state index in [1.54, 1.807) is 0 Å². The first kappa shape index (κ1) is 7.90. The molecule has 0 amide bonds. The normalized spacial score (nSPS) is 15.1. The molecule has 64 valence electrons. The molecule has 0 bridgehead atoms. The first-order valence-corrected chi connectivity index (χ1v) is 4.32. The SMILES string of the molecule is ClCc1cccc2c1COCO2. The monoisotopic (exact) mass is 184 g/mol. The van der Waals surface area contributed by atoms with Crippen molar-refractivity contribution >= 4 is 11.6 Å². The van der Waals surface area contributed by atoms with Crippen molar-refractivity contribution in [2.24, 2.45) is 0 Å². The highest BCUT2D eigenvalue weighted by Crippen LogP contribution is 2.27. The number of alkyl halides is 1. The summed E-state index contributed by atoms with van der Waals surface area (Å²) < 4.78 is 10.4. The summed E-state index contributed by atoms with van der Waals surface area (Å²) in [6.45, 7) is 0.955. The number of rotatable bonds is 1. The van der Waals surface area contributed by atoms with Crippen molar-refractivity contribution in [3.63, 3.8) is 0 Å². The minimum absolute atomic E-state index is 0.346.